The lowest BCUT2D eigenvalue weighted by molar-refractivity contribution is -0.115. The van der Waals surface area contributed by atoms with Crippen molar-refractivity contribution in [2.45, 2.75) is 25.4 Å². The average Bonchev–Trinajstić information content (AvgIpc) is 3.10. The maximum Gasteiger partial charge on any atom is 0.251 e. The van der Waals surface area contributed by atoms with E-state index in [9.17, 15) is 9.59 Å². The molecule has 0 aliphatic carbocycles. The van der Waals surface area contributed by atoms with Crippen LogP contribution in [0.5, 0.6) is 0 Å². The molecule has 2 heterocycles. The minimum absolute atomic E-state index is 0.0732. The number of hydrogen-bond donors (Lipinski definition) is 2. The Kier molecular flexibility index (Phi) is 5.88. The van der Waals surface area contributed by atoms with Gasteiger partial charge in [-0.05, 0) is 37.5 Å². The number of anilines is 2. The number of amides is 2. The minimum Gasteiger partial charge on any atom is -0.379 e. The fourth-order valence-corrected chi connectivity index (χ4v) is 3.07. The van der Waals surface area contributed by atoms with Crippen LogP contribution in [0, 0.1) is 0 Å². The molecule has 136 valence electrons. The zero-order chi connectivity index (χ0) is 17.6. The summed E-state index contributed by atoms with van der Waals surface area (Å²) in [7, 11) is 1.86. The molecule has 0 radical (unpaired) electrons. The van der Waals surface area contributed by atoms with Gasteiger partial charge in [0.05, 0.1) is 30.6 Å². The van der Waals surface area contributed by atoms with Crippen molar-refractivity contribution in [2.75, 3.05) is 50.2 Å². The van der Waals surface area contributed by atoms with Crippen molar-refractivity contribution in [1.29, 1.82) is 0 Å². The molecule has 0 aromatic heterocycles. The van der Waals surface area contributed by atoms with Crippen molar-refractivity contribution in [2.24, 2.45) is 0 Å². The zero-order valence-electron chi connectivity index (χ0n) is 14.5. The van der Waals surface area contributed by atoms with Gasteiger partial charge in [-0.1, -0.05) is 0 Å². The summed E-state index contributed by atoms with van der Waals surface area (Å²) in [6.45, 7) is 2.94. The van der Waals surface area contributed by atoms with Gasteiger partial charge in [-0.2, -0.15) is 0 Å². The van der Waals surface area contributed by atoms with Crippen LogP contribution in [0.15, 0.2) is 18.2 Å². The van der Waals surface area contributed by atoms with E-state index in [1.54, 1.807) is 12.1 Å². The number of hydrogen-bond acceptors (Lipinski definition) is 5. The van der Waals surface area contributed by atoms with Crippen LogP contribution in [0.2, 0.25) is 0 Å². The number of nitrogens with zero attached hydrogens (tertiary/aromatic N) is 1. The van der Waals surface area contributed by atoms with Crippen molar-refractivity contribution in [3.05, 3.63) is 23.8 Å². The fourth-order valence-electron chi connectivity index (χ4n) is 3.07. The van der Waals surface area contributed by atoms with E-state index in [1.807, 2.05) is 18.0 Å². The molecule has 0 bridgehead atoms. The van der Waals surface area contributed by atoms with Gasteiger partial charge in [-0.15, -0.1) is 0 Å². The number of carbonyl (C=O) groups excluding carboxylic acids is 2. The van der Waals surface area contributed by atoms with E-state index in [4.69, 9.17) is 9.47 Å². The second-order valence-corrected chi connectivity index (χ2v) is 6.46. The lowest BCUT2D eigenvalue weighted by Gasteiger charge is -2.27. The Morgan fingerprint density at radius 2 is 2.36 bits per heavy atom. The van der Waals surface area contributed by atoms with Crippen molar-refractivity contribution >= 4 is 23.2 Å². The van der Waals surface area contributed by atoms with Crippen LogP contribution in [0.3, 0.4) is 0 Å². The summed E-state index contributed by atoms with van der Waals surface area (Å²) in [5.74, 6) is -0.222. The maximum absolute atomic E-state index is 12.2. The van der Waals surface area contributed by atoms with Crippen LogP contribution < -0.4 is 15.5 Å². The molecule has 1 aromatic carbocycles. The Hall–Kier alpha value is -2.12. The number of ether oxygens (including phenoxy) is 2. The van der Waals surface area contributed by atoms with Crippen molar-refractivity contribution < 1.29 is 19.1 Å². The third-order valence-corrected chi connectivity index (χ3v) is 4.40. The van der Waals surface area contributed by atoms with Gasteiger partial charge in [0, 0.05) is 32.4 Å². The van der Waals surface area contributed by atoms with Crippen LogP contribution in [0.4, 0.5) is 11.4 Å². The molecule has 2 amide bonds. The third-order valence-electron chi connectivity index (χ3n) is 4.40. The first kappa shape index (κ1) is 17.7. The van der Waals surface area contributed by atoms with Gasteiger partial charge in [0.25, 0.3) is 5.91 Å². The van der Waals surface area contributed by atoms with Crippen LogP contribution in [0.25, 0.3) is 0 Å². The lowest BCUT2D eigenvalue weighted by Crippen LogP contribution is -2.35. The monoisotopic (exact) mass is 347 g/mol. The highest BCUT2D eigenvalue weighted by molar-refractivity contribution is 6.03. The number of rotatable bonds is 7. The molecule has 7 nitrogen and oxygen atoms in total. The van der Waals surface area contributed by atoms with E-state index in [-0.39, 0.29) is 17.9 Å². The van der Waals surface area contributed by atoms with E-state index in [2.05, 4.69) is 10.6 Å². The molecule has 1 atom stereocenters. The Morgan fingerprint density at radius 3 is 3.16 bits per heavy atom. The molecule has 1 fully saturated rings. The van der Waals surface area contributed by atoms with Crippen molar-refractivity contribution in [1.82, 2.24) is 5.32 Å². The van der Waals surface area contributed by atoms with Crippen LogP contribution in [0.1, 0.15) is 29.6 Å². The Balaban J connectivity index is 1.41. The second kappa shape index (κ2) is 8.31. The van der Waals surface area contributed by atoms with E-state index in [0.717, 1.165) is 31.6 Å². The quantitative estimate of drug-likeness (QED) is 0.729. The summed E-state index contributed by atoms with van der Waals surface area (Å²) in [5, 5.41) is 5.68. The number of nitrogens with one attached hydrogen (secondary N) is 2. The van der Waals surface area contributed by atoms with Crippen molar-refractivity contribution in [3.8, 4) is 0 Å². The molecule has 1 saturated heterocycles. The van der Waals surface area contributed by atoms with E-state index >= 15 is 0 Å². The smallest absolute Gasteiger partial charge is 0.251 e. The van der Waals surface area contributed by atoms with Crippen LogP contribution >= 0.6 is 0 Å². The Labute approximate surface area is 147 Å². The maximum atomic E-state index is 12.2. The molecule has 25 heavy (non-hydrogen) atoms. The predicted molar refractivity (Wildman–Crippen MR) is 95.1 cm³/mol. The van der Waals surface area contributed by atoms with Crippen LogP contribution in [-0.2, 0) is 14.3 Å². The SMILES string of the molecule is CN1CC(=O)Nc2cc(C(=O)NCCCOC[C@@H]3CCCO3)ccc21. The minimum atomic E-state index is -0.149. The molecule has 2 aliphatic rings. The molecule has 2 N–H and O–H groups in total. The van der Waals surface area contributed by atoms with Gasteiger partial charge in [-0.3, -0.25) is 9.59 Å². The van der Waals surface area contributed by atoms with Gasteiger partial charge < -0.3 is 25.0 Å². The molecular formula is C18H25N3O4. The van der Waals surface area contributed by atoms with Gasteiger partial charge in [-0.25, -0.2) is 0 Å². The van der Waals surface area contributed by atoms with Crippen molar-refractivity contribution in [3.63, 3.8) is 0 Å². The summed E-state index contributed by atoms with van der Waals surface area (Å²) >= 11 is 0. The number of fused-ring (bicyclic) bond motifs is 1. The highest BCUT2D eigenvalue weighted by Crippen LogP contribution is 2.29. The first-order valence-electron chi connectivity index (χ1n) is 8.76. The van der Waals surface area contributed by atoms with Gasteiger partial charge in [0.2, 0.25) is 5.91 Å². The number of benzene rings is 1. The molecular weight excluding hydrogens is 322 g/mol. The van der Waals surface area contributed by atoms with Gasteiger partial charge >= 0.3 is 0 Å². The normalized spacial score (nSPS) is 19.5. The summed E-state index contributed by atoms with van der Waals surface area (Å²) in [5.41, 5.74) is 2.12. The largest absolute Gasteiger partial charge is 0.379 e. The van der Waals surface area contributed by atoms with E-state index in [1.165, 1.54) is 0 Å². The predicted octanol–water partition coefficient (Wildman–Crippen LogP) is 1.39. The van der Waals surface area contributed by atoms with E-state index < -0.39 is 0 Å². The van der Waals surface area contributed by atoms with E-state index in [0.29, 0.717) is 37.6 Å². The molecule has 0 unspecified atom stereocenters. The van der Waals surface area contributed by atoms with Gasteiger partial charge in [0.1, 0.15) is 0 Å². The first-order chi connectivity index (χ1) is 12.1. The number of likely N-dealkylation sites (N-methyl/N-ethyl adjacent to an activating group) is 1. The van der Waals surface area contributed by atoms with Crippen LogP contribution in [-0.4, -0.2) is 57.9 Å². The fraction of sp³-hybridized carbons (Fsp3) is 0.556. The molecule has 0 spiro atoms. The molecule has 3 rings (SSSR count). The summed E-state index contributed by atoms with van der Waals surface area (Å²) < 4.78 is 11.1. The Bertz CT molecular complexity index is 629. The molecule has 2 aliphatic heterocycles. The molecule has 0 saturated carbocycles. The summed E-state index contributed by atoms with van der Waals surface area (Å²) in [4.78, 5) is 25.7. The highest BCUT2D eigenvalue weighted by Gasteiger charge is 2.20. The second-order valence-electron chi connectivity index (χ2n) is 6.46. The third kappa shape index (κ3) is 4.70. The number of carbonyl (C=O) groups is 2. The summed E-state index contributed by atoms with van der Waals surface area (Å²) in [6.07, 6.45) is 3.17. The molecule has 7 heteroatoms. The Morgan fingerprint density at radius 1 is 1.48 bits per heavy atom. The summed E-state index contributed by atoms with van der Waals surface area (Å²) in [6, 6.07) is 5.34. The zero-order valence-corrected chi connectivity index (χ0v) is 14.5. The van der Waals surface area contributed by atoms with Gasteiger partial charge in [0.15, 0.2) is 0 Å². The average molecular weight is 347 g/mol. The molecule has 1 aromatic rings. The lowest BCUT2D eigenvalue weighted by atomic mass is 10.1. The highest BCUT2D eigenvalue weighted by atomic mass is 16.5. The standard InChI is InChI=1S/C18H25N3O4/c1-21-11-17(22)20-15-10-13(5-6-16(15)21)18(23)19-7-3-8-24-12-14-4-2-9-25-14/h5-6,10,14H,2-4,7-9,11-12H2,1H3,(H,19,23)(H,20,22)/t14-/m0/s1. The topological polar surface area (TPSA) is 79.9 Å². The first-order valence-corrected chi connectivity index (χ1v) is 8.76.